The Morgan fingerprint density at radius 3 is 2.52 bits per heavy atom. The lowest BCUT2D eigenvalue weighted by Gasteiger charge is -2.11. The summed E-state index contributed by atoms with van der Waals surface area (Å²) in [5.41, 5.74) is 1.24. The maximum absolute atomic E-state index is 12.3. The number of esters is 1. The van der Waals surface area contributed by atoms with Gasteiger partial charge in [-0.15, -0.1) is 11.3 Å². The smallest absolute Gasteiger partial charge is 0.340 e. The lowest BCUT2D eigenvalue weighted by atomic mass is 10.2. The number of carbonyl (C=O) groups is 1. The van der Waals surface area contributed by atoms with Crippen molar-refractivity contribution in [1.29, 1.82) is 0 Å². The molecule has 1 aromatic heterocycles. The Morgan fingerprint density at radius 2 is 1.96 bits per heavy atom. The third-order valence-corrected chi connectivity index (χ3v) is 4.80. The standard InChI is InChI=1S/C19H24N2O3S/c1-13(2)18-20-16(12-24-14-9-7-6-8-10-14)17(25-18)15(11-21(3)4)19(22)23-5/h6-11,13H,12H2,1-5H3. The summed E-state index contributed by atoms with van der Waals surface area (Å²) in [6.45, 7) is 4.46. The average Bonchev–Trinajstić information content (AvgIpc) is 3.02. The third-order valence-electron chi connectivity index (χ3n) is 3.36. The van der Waals surface area contributed by atoms with Crippen LogP contribution in [-0.4, -0.2) is 37.1 Å². The highest BCUT2D eigenvalue weighted by Gasteiger charge is 2.23. The molecule has 0 spiro atoms. The molecule has 0 N–H and O–H groups in total. The molecule has 2 rings (SSSR count). The van der Waals surface area contributed by atoms with Crippen molar-refractivity contribution >= 4 is 22.9 Å². The van der Waals surface area contributed by atoms with Crippen LogP contribution in [0.5, 0.6) is 5.75 Å². The molecule has 0 unspecified atom stereocenters. The van der Waals surface area contributed by atoms with E-state index in [1.54, 1.807) is 6.20 Å². The molecule has 134 valence electrons. The second kappa shape index (κ2) is 8.67. The fraction of sp³-hybridized carbons (Fsp3) is 0.368. The van der Waals surface area contributed by atoms with Crippen LogP contribution >= 0.6 is 11.3 Å². The minimum absolute atomic E-state index is 0.271. The fourth-order valence-corrected chi connectivity index (χ4v) is 3.23. The van der Waals surface area contributed by atoms with Gasteiger partial charge in [-0.05, 0) is 12.1 Å². The van der Waals surface area contributed by atoms with E-state index in [4.69, 9.17) is 14.5 Å². The Labute approximate surface area is 152 Å². The molecule has 1 aromatic carbocycles. The Balaban J connectivity index is 2.39. The zero-order chi connectivity index (χ0) is 18.4. The zero-order valence-corrected chi connectivity index (χ0v) is 16.1. The summed E-state index contributed by atoms with van der Waals surface area (Å²) < 4.78 is 10.8. The number of rotatable bonds is 7. The van der Waals surface area contributed by atoms with Crippen LogP contribution in [0, 0.1) is 0 Å². The number of para-hydroxylation sites is 1. The van der Waals surface area contributed by atoms with Crippen LogP contribution in [0.1, 0.15) is 35.3 Å². The summed E-state index contributed by atoms with van der Waals surface area (Å²) in [7, 11) is 5.12. The molecule has 0 bridgehead atoms. The first-order valence-electron chi connectivity index (χ1n) is 8.06. The average molecular weight is 360 g/mol. The minimum Gasteiger partial charge on any atom is -0.487 e. The monoisotopic (exact) mass is 360 g/mol. The SMILES string of the molecule is COC(=O)C(=CN(C)C)c1sc(C(C)C)nc1COc1ccccc1. The number of benzene rings is 1. The van der Waals surface area contributed by atoms with Crippen molar-refractivity contribution in [2.45, 2.75) is 26.4 Å². The second-order valence-electron chi connectivity index (χ2n) is 6.08. The van der Waals surface area contributed by atoms with Gasteiger partial charge in [-0.2, -0.15) is 0 Å². The van der Waals surface area contributed by atoms with Gasteiger partial charge in [-0.3, -0.25) is 0 Å². The van der Waals surface area contributed by atoms with Crippen molar-refractivity contribution in [3.8, 4) is 5.75 Å². The van der Waals surface area contributed by atoms with Gasteiger partial charge >= 0.3 is 5.97 Å². The van der Waals surface area contributed by atoms with Gasteiger partial charge in [-0.1, -0.05) is 32.0 Å². The Bertz CT molecular complexity index is 736. The van der Waals surface area contributed by atoms with Crippen LogP contribution in [0.25, 0.3) is 5.57 Å². The highest BCUT2D eigenvalue weighted by molar-refractivity contribution is 7.13. The van der Waals surface area contributed by atoms with Crippen molar-refractivity contribution in [3.63, 3.8) is 0 Å². The van der Waals surface area contributed by atoms with Gasteiger partial charge in [0.2, 0.25) is 0 Å². The maximum atomic E-state index is 12.3. The van der Waals surface area contributed by atoms with Crippen LogP contribution < -0.4 is 4.74 Å². The summed E-state index contributed by atoms with van der Waals surface area (Å²) in [5.74, 6) is 0.657. The summed E-state index contributed by atoms with van der Waals surface area (Å²) >= 11 is 1.51. The Morgan fingerprint density at radius 1 is 1.28 bits per heavy atom. The van der Waals surface area contributed by atoms with Gasteiger partial charge in [0.25, 0.3) is 0 Å². The van der Waals surface area contributed by atoms with Gasteiger partial charge < -0.3 is 14.4 Å². The molecule has 0 radical (unpaired) electrons. The number of methoxy groups -OCH3 is 1. The molecule has 0 amide bonds. The quantitative estimate of drug-likeness (QED) is 0.553. The van der Waals surface area contributed by atoms with E-state index in [1.807, 2.05) is 49.3 Å². The third kappa shape index (κ3) is 5.06. The van der Waals surface area contributed by atoms with Crippen molar-refractivity contribution < 1.29 is 14.3 Å². The molecule has 1 heterocycles. The van der Waals surface area contributed by atoms with Crippen LogP contribution in [-0.2, 0) is 16.1 Å². The normalized spacial score (nSPS) is 11.5. The molecular weight excluding hydrogens is 336 g/mol. The van der Waals surface area contributed by atoms with E-state index in [9.17, 15) is 4.79 Å². The number of hydrogen-bond donors (Lipinski definition) is 0. The molecule has 0 aliphatic rings. The number of carbonyl (C=O) groups excluding carboxylic acids is 1. The molecule has 0 aliphatic heterocycles. The predicted octanol–water partition coefficient (Wildman–Crippen LogP) is 3.92. The largest absolute Gasteiger partial charge is 0.487 e. The van der Waals surface area contributed by atoms with Crippen molar-refractivity contribution in [2.75, 3.05) is 21.2 Å². The lowest BCUT2D eigenvalue weighted by Crippen LogP contribution is -2.11. The molecule has 0 atom stereocenters. The van der Waals surface area contributed by atoms with Gasteiger partial charge in [0.05, 0.1) is 28.3 Å². The number of aromatic nitrogens is 1. The van der Waals surface area contributed by atoms with E-state index < -0.39 is 0 Å². The van der Waals surface area contributed by atoms with E-state index in [-0.39, 0.29) is 11.9 Å². The molecule has 0 fully saturated rings. The predicted molar refractivity (Wildman–Crippen MR) is 101 cm³/mol. The van der Waals surface area contributed by atoms with E-state index in [0.29, 0.717) is 12.2 Å². The highest BCUT2D eigenvalue weighted by atomic mass is 32.1. The first-order valence-corrected chi connectivity index (χ1v) is 8.88. The second-order valence-corrected chi connectivity index (χ2v) is 7.11. The zero-order valence-electron chi connectivity index (χ0n) is 15.3. The number of ether oxygens (including phenoxy) is 2. The molecule has 2 aromatic rings. The molecule has 25 heavy (non-hydrogen) atoms. The molecule has 5 nitrogen and oxygen atoms in total. The van der Waals surface area contributed by atoms with Gasteiger partial charge in [0.1, 0.15) is 12.4 Å². The summed E-state index contributed by atoms with van der Waals surface area (Å²) in [4.78, 5) is 19.6. The maximum Gasteiger partial charge on any atom is 0.340 e. The molecular formula is C19H24N2O3S. The molecule has 6 heteroatoms. The van der Waals surface area contributed by atoms with Crippen LogP contribution in [0.4, 0.5) is 0 Å². The first-order chi connectivity index (χ1) is 11.9. The van der Waals surface area contributed by atoms with E-state index in [2.05, 4.69) is 13.8 Å². The number of nitrogens with zero attached hydrogens (tertiary/aromatic N) is 2. The topological polar surface area (TPSA) is 51.7 Å². The summed E-state index contributed by atoms with van der Waals surface area (Å²) in [6.07, 6.45) is 1.76. The Kier molecular flexibility index (Phi) is 6.58. The van der Waals surface area contributed by atoms with E-state index >= 15 is 0 Å². The summed E-state index contributed by atoms with van der Waals surface area (Å²) in [5, 5.41) is 0.968. The molecule has 0 aliphatic carbocycles. The Hall–Kier alpha value is -2.34. The van der Waals surface area contributed by atoms with Gasteiger partial charge in [-0.25, -0.2) is 9.78 Å². The number of hydrogen-bond acceptors (Lipinski definition) is 6. The van der Waals surface area contributed by atoms with Crippen LogP contribution in [0.2, 0.25) is 0 Å². The summed E-state index contributed by atoms with van der Waals surface area (Å²) in [6, 6.07) is 9.57. The number of thiazole rings is 1. The van der Waals surface area contributed by atoms with Crippen molar-refractivity contribution in [2.24, 2.45) is 0 Å². The van der Waals surface area contributed by atoms with E-state index in [0.717, 1.165) is 21.3 Å². The van der Waals surface area contributed by atoms with Crippen LogP contribution in [0.3, 0.4) is 0 Å². The molecule has 0 saturated carbocycles. The lowest BCUT2D eigenvalue weighted by molar-refractivity contribution is -0.133. The highest BCUT2D eigenvalue weighted by Crippen LogP contribution is 2.32. The fourth-order valence-electron chi connectivity index (χ4n) is 2.17. The van der Waals surface area contributed by atoms with Crippen molar-refractivity contribution in [3.05, 3.63) is 52.1 Å². The van der Waals surface area contributed by atoms with Crippen molar-refractivity contribution in [1.82, 2.24) is 9.88 Å². The molecule has 0 saturated heterocycles. The minimum atomic E-state index is -0.381. The van der Waals surface area contributed by atoms with E-state index in [1.165, 1.54) is 18.4 Å². The van der Waals surface area contributed by atoms with Crippen LogP contribution in [0.15, 0.2) is 36.5 Å². The first kappa shape index (κ1) is 19.0. The van der Waals surface area contributed by atoms with Gasteiger partial charge in [0, 0.05) is 26.2 Å². The van der Waals surface area contributed by atoms with Gasteiger partial charge in [0.15, 0.2) is 0 Å².